The maximum Gasteiger partial charge on any atom is 0.224 e. The number of hydrogen-bond acceptors (Lipinski definition) is 1. The van der Waals surface area contributed by atoms with E-state index >= 15 is 0 Å². The number of anilines is 1. The van der Waals surface area contributed by atoms with Crippen LogP contribution in [0.3, 0.4) is 0 Å². The number of carbonyl (C=O) groups is 1. The van der Waals surface area contributed by atoms with Gasteiger partial charge in [0.15, 0.2) is 0 Å². The first-order chi connectivity index (χ1) is 11.2. The van der Waals surface area contributed by atoms with Crippen LogP contribution in [0.15, 0.2) is 59.1 Å². The van der Waals surface area contributed by atoms with Gasteiger partial charge in [-0.05, 0) is 67.3 Å². The third-order valence-corrected chi connectivity index (χ3v) is 5.25. The fraction of sp³-hybridized carbons (Fsp3) is 0.350. The SMILES string of the molecule is O=C(CC1CCC(c2ccccc2)CC1)Nc1ccc(Br)cc1. The zero-order chi connectivity index (χ0) is 16.1. The molecule has 0 radical (unpaired) electrons. The van der Waals surface area contributed by atoms with Gasteiger partial charge in [-0.1, -0.05) is 46.3 Å². The van der Waals surface area contributed by atoms with Gasteiger partial charge < -0.3 is 5.32 Å². The van der Waals surface area contributed by atoms with Crippen LogP contribution in [-0.2, 0) is 4.79 Å². The lowest BCUT2D eigenvalue weighted by atomic mass is 9.77. The number of amides is 1. The molecule has 3 rings (SSSR count). The summed E-state index contributed by atoms with van der Waals surface area (Å²) >= 11 is 3.40. The molecule has 1 N–H and O–H groups in total. The average molecular weight is 372 g/mol. The van der Waals surface area contributed by atoms with E-state index in [2.05, 4.69) is 51.6 Å². The van der Waals surface area contributed by atoms with Crippen LogP contribution in [-0.4, -0.2) is 5.91 Å². The zero-order valence-electron chi connectivity index (χ0n) is 13.2. The first-order valence-electron chi connectivity index (χ1n) is 8.31. The molecule has 2 aromatic carbocycles. The molecule has 0 unspecified atom stereocenters. The fourth-order valence-corrected chi connectivity index (χ4v) is 3.70. The van der Waals surface area contributed by atoms with E-state index in [0.717, 1.165) is 23.0 Å². The van der Waals surface area contributed by atoms with E-state index in [0.29, 0.717) is 18.3 Å². The molecular weight excluding hydrogens is 350 g/mol. The molecule has 120 valence electrons. The van der Waals surface area contributed by atoms with Gasteiger partial charge in [0.2, 0.25) is 5.91 Å². The second-order valence-electron chi connectivity index (χ2n) is 6.39. The number of carbonyl (C=O) groups excluding carboxylic acids is 1. The molecule has 2 nitrogen and oxygen atoms in total. The van der Waals surface area contributed by atoms with E-state index in [-0.39, 0.29) is 5.91 Å². The van der Waals surface area contributed by atoms with Gasteiger partial charge in [-0.15, -0.1) is 0 Å². The maximum atomic E-state index is 12.2. The fourth-order valence-electron chi connectivity index (χ4n) is 3.43. The van der Waals surface area contributed by atoms with Crippen molar-refractivity contribution in [2.75, 3.05) is 5.32 Å². The first kappa shape index (κ1) is 16.3. The van der Waals surface area contributed by atoms with Gasteiger partial charge in [0.25, 0.3) is 0 Å². The van der Waals surface area contributed by atoms with Crippen LogP contribution >= 0.6 is 15.9 Å². The highest BCUT2D eigenvalue weighted by Gasteiger charge is 2.23. The molecule has 0 saturated heterocycles. The highest BCUT2D eigenvalue weighted by molar-refractivity contribution is 9.10. The minimum Gasteiger partial charge on any atom is -0.326 e. The maximum absolute atomic E-state index is 12.2. The lowest BCUT2D eigenvalue weighted by Crippen LogP contribution is -2.20. The molecule has 2 aromatic rings. The van der Waals surface area contributed by atoms with E-state index in [1.54, 1.807) is 0 Å². The van der Waals surface area contributed by atoms with Crippen molar-refractivity contribution in [2.45, 2.75) is 38.0 Å². The zero-order valence-corrected chi connectivity index (χ0v) is 14.8. The molecule has 0 spiro atoms. The standard InChI is InChI=1S/C20H22BrNO/c21-18-10-12-19(13-11-18)22-20(23)14-15-6-8-17(9-7-15)16-4-2-1-3-5-16/h1-5,10-13,15,17H,6-9,14H2,(H,22,23). The average Bonchev–Trinajstić information content (AvgIpc) is 2.58. The van der Waals surface area contributed by atoms with Crippen molar-refractivity contribution in [3.63, 3.8) is 0 Å². The normalized spacial score (nSPS) is 20.9. The van der Waals surface area contributed by atoms with Gasteiger partial charge in [0.05, 0.1) is 0 Å². The molecule has 0 bridgehead atoms. The molecule has 1 saturated carbocycles. The number of halogens is 1. The number of hydrogen-bond donors (Lipinski definition) is 1. The Morgan fingerprint density at radius 3 is 2.26 bits per heavy atom. The number of nitrogens with one attached hydrogen (secondary N) is 1. The summed E-state index contributed by atoms with van der Waals surface area (Å²) in [5, 5.41) is 3.00. The van der Waals surface area contributed by atoms with E-state index < -0.39 is 0 Å². The van der Waals surface area contributed by atoms with Crippen molar-refractivity contribution in [3.05, 3.63) is 64.6 Å². The minimum absolute atomic E-state index is 0.135. The monoisotopic (exact) mass is 371 g/mol. The molecule has 0 heterocycles. The van der Waals surface area contributed by atoms with Gasteiger partial charge in [0, 0.05) is 16.6 Å². The Bertz CT molecular complexity index is 630. The smallest absolute Gasteiger partial charge is 0.224 e. The summed E-state index contributed by atoms with van der Waals surface area (Å²) in [5.74, 6) is 1.32. The molecule has 3 heteroatoms. The van der Waals surface area contributed by atoms with Crippen LogP contribution in [0.25, 0.3) is 0 Å². The Morgan fingerprint density at radius 1 is 0.957 bits per heavy atom. The molecule has 0 aliphatic heterocycles. The minimum atomic E-state index is 0.135. The molecule has 1 aliphatic carbocycles. The lowest BCUT2D eigenvalue weighted by molar-refractivity contribution is -0.117. The van der Waals surface area contributed by atoms with Gasteiger partial charge in [0.1, 0.15) is 0 Å². The van der Waals surface area contributed by atoms with Gasteiger partial charge in [-0.2, -0.15) is 0 Å². The second-order valence-corrected chi connectivity index (χ2v) is 7.30. The summed E-state index contributed by atoms with van der Waals surface area (Å²) in [6.07, 6.45) is 5.32. The van der Waals surface area contributed by atoms with Crippen molar-refractivity contribution in [1.82, 2.24) is 0 Å². The Labute approximate surface area is 146 Å². The molecular formula is C20H22BrNO. The van der Waals surface area contributed by atoms with Gasteiger partial charge in [-0.25, -0.2) is 0 Å². The van der Waals surface area contributed by atoms with E-state index in [4.69, 9.17) is 0 Å². The van der Waals surface area contributed by atoms with Crippen LogP contribution in [0.4, 0.5) is 5.69 Å². The summed E-state index contributed by atoms with van der Waals surface area (Å²) in [5.41, 5.74) is 2.32. The third kappa shape index (κ3) is 4.68. The van der Waals surface area contributed by atoms with Crippen LogP contribution < -0.4 is 5.32 Å². The van der Waals surface area contributed by atoms with Crippen molar-refractivity contribution in [1.29, 1.82) is 0 Å². The topological polar surface area (TPSA) is 29.1 Å². The van der Waals surface area contributed by atoms with Crippen LogP contribution in [0.2, 0.25) is 0 Å². The summed E-state index contributed by atoms with van der Waals surface area (Å²) in [4.78, 5) is 12.2. The van der Waals surface area contributed by atoms with Crippen molar-refractivity contribution >= 4 is 27.5 Å². The van der Waals surface area contributed by atoms with E-state index in [1.165, 1.54) is 18.4 Å². The predicted molar refractivity (Wildman–Crippen MR) is 98.5 cm³/mol. The van der Waals surface area contributed by atoms with Crippen LogP contribution in [0.1, 0.15) is 43.6 Å². The van der Waals surface area contributed by atoms with Gasteiger partial charge >= 0.3 is 0 Å². The Balaban J connectivity index is 1.47. The molecule has 1 aliphatic rings. The highest BCUT2D eigenvalue weighted by Crippen LogP contribution is 2.37. The Kier molecular flexibility index (Phi) is 5.50. The molecule has 23 heavy (non-hydrogen) atoms. The van der Waals surface area contributed by atoms with Crippen LogP contribution in [0, 0.1) is 5.92 Å². The lowest BCUT2D eigenvalue weighted by Gasteiger charge is -2.28. The van der Waals surface area contributed by atoms with Gasteiger partial charge in [-0.3, -0.25) is 4.79 Å². The van der Waals surface area contributed by atoms with Crippen LogP contribution in [0.5, 0.6) is 0 Å². The Hall–Kier alpha value is -1.61. The predicted octanol–water partition coefficient (Wildman–Crippen LogP) is 5.75. The highest BCUT2D eigenvalue weighted by atomic mass is 79.9. The van der Waals surface area contributed by atoms with Crippen molar-refractivity contribution in [2.24, 2.45) is 5.92 Å². The Morgan fingerprint density at radius 2 is 1.61 bits per heavy atom. The van der Waals surface area contributed by atoms with E-state index in [9.17, 15) is 4.79 Å². The molecule has 0 aromatic heterocycles. The molecule has 0 atom stereocenters. The largest absolute Gasteiger partial charge is 0.326 e. The number of benzene rings is 2. The summed E-state index contributed by atoms with van der Waals surface area (Å²) in [6, 6.07) is 18.5. The van der Waals surface area contributed by atoms with Crippen molar-refractivity contribution in [3.8, 4) is 0 Å². The quantitative estimate of drug-likeness (QED) is 0.727. The van der Waals surface area contributed by atoms with Crippen molar-refractivity contribution < 1.29 is 4.79 Å². The number of rotatable bonds is 4. The molecule has 1 amide bonds. The van der Waals surface area contributed by atoms with E-state index in [1.807, 2.05) is 24.3 Å². The summed E-state index contributed by atoms with van der Waals surface area (Å²) in [6.45, 7) is 0. The molecule has 1 fully saturated rings. The third-order valence-electron chi connectivity index (χ3n) is 4.72. The summed E-state index contributed by atoms with van der Waals surface area (Å²) in [7, 11) is 0. The second kappa shape index (κ2) is 7.78. The first-order valence-corrected chi connectivity index (χ1v) is 9.10. The summed E-state index contributed by atoms with van der Waals surface area (Å²) < 4.78 is 1.02.